The van der Waals surface area contributed by atoms with Crippen LogP contribution < -0.4 is 10.5 Å². The van der Waals surface area contributed by atoms with E-state index < -0.39 is 5.97 Å². The van der Waals surface area contributed by atoms with Gasteiger partial charge in [-0.05, 0) is 32.0 Å². The number of carbonyl (C=O) groups is 1. The number of hydrogen-bond acceptors (Lipinski definition) is 5. The summed E-state index contributed by atoms with van der Waals surface area (Å²) in [5, 5.41) is 10.4. The molecule has 1 aromatic rings. The van der Waals surface area contributed by atoms with E-state index >= 15 is 0 Å². The van der Waals surface area contributed by atoms with Crippen molar-refractivity contribution in [1.29, 1.82) is 0 Å². The zero-order valence-electron chi connectivity index (χ0n) is 14.2. The molecule has 5 nitrogen and oxygen atoms in total. The molecular formula is C17H26NO4P. The lowest BCUT2D eigenvalue weighted by Gasteiger charge is -2.15. The van der Waals surface area contributed by atoms with Gasteiger partial charge in [0.25, 0.3) is 0 Å². The first-order chi connectivity index (χ1) is 10.9. The fourth-order valence-corrected chi connectivity index (χ4v) is 2.39. The predicted octanol–water partition coefficient (Wildman–Crippen LogP) is 2.71. The van der Waals surface area contributed by atoms with Gasteiger partial charge in [0, 0.05) is 17.7 Å². The summed E-state index contributed by atoms with van der Waals surface area (Å²) in [6, 6.07) is 0. The third-order valence-corrected chi connectivity index (χ3v) is 3.62. The van der Waals surface area contributed by atoms with E-state index in [1.165, 1.54) is 6.16 Å². The lowest BCUT2D eigenvalue weighted by molar-refractivity contribution is 0.0533. The Bertz CT molecular complexity index is 611. The van der Waals surface area contributed by atoms with E-state index in [0.717, 1.165) is 11.1 Å². The fraction of sp³-hybridized carbons (Fsp3) is 0.471. The van der Waals surface area contributed by atoms with Crippen LogP contribution in [0.5, 0.6) is 11.5 Å². The Morgan fingerprint density at radius 2 is 2.13 bits per heavy atom. The molecule has 23 heavy (non-hydrogen) atoms. The van der Waals surface area contributed by atoms with Crippen molar-refractivity contribution < 1.29 is 19.4 Å². The number of esters is 1. The van der Waals surface area contributed by atoms with Gasteiger partial charge >= 0.3 is 5.97 Å². The Balaban J connectivity index is 0.000000816. The zero-order chi connectivity index (χ0) is 17.6. The molecule has 128 valence electrons. The summed E-state index contributed by atoms with van der Waals surface area (Å²) in [7, 11) is 4.13. The molecular weight excluding hydrogens is 313 g/mol. The maximum absolute atomic E-state index is 11.7. The standard InChI is InChI=1S/C15H19NO4.C2H7P/c1-8(6-16)4-5-10-13(17)12-11(7-20-15(12)18)9(2)14(10)19-3;1-2-3/h4,17H,5-7,16H2,1-3H3;2-3H2,1H3/b8-4+;. The summed E-state index contributed by atoms with van der Waals surface area (Å²) >= 11 is 0. The normalized spacial score (nSPS) is 13.1. The quantitative estimate of drug-likeness (QED) is 0.501. The van der Waals surface area contributed by atoms with Crippen molar-refractivity contribution in [3.63, 3.8) is 0 Å². The molecule has 1 atom stereocenters. The number of ether oxygens (including phenoxy) is 2. The molecule has 0 amide bonds. The second-order valence-corrected chi connectivity index (χ2v) is 6.10. The molecule has 1 aliphatic rings. The second kappa shape index (κ2) is 8.90. The molecule has 2 rings (SSSR count). The van der Waals surface area contributed by atoms with Crippen LogP contribution in [-0.2, 0) is 17.8 Å². The summed E-state index contributed by atoms with van der Waals surface area (Å²) in [4.78, 5) is 11.7. The summed E-state index contributed by atoms with van der Waals surface area (Å²) in [5.41, 5.74) is 8.95. The third kappa shape index (κ3) is 4.24. The highest BCUT2D eigenvalue weighted by Crippen LogP contribution is 2.41. The lowest BCUT2D eigenvalue weighted by atomic mass is 9.95. The maximum Gasteiger partial charge on any atom is 0.342 e. The van der Waals surface area contributed by atoms with Crippen molar-refractivity contribution in [2.45, 2.75) is 33.8 Å². The van der Waals surface area contributed by atoms with Gasteiger partial charge in [0.2, 0.25) is 0 Å². The Morgan fingerprint density at radius 3 is 2.65 bits per heavy atom. The molecule has 0 bridgehead atoms. The fourth-order valence-electron chi connectivity index (χ4n) is 2.39. The van der Waals surface area contributed by atoms with Crippen LogP contribution in [0.15, 0.2) is 11.6 Å². The monoisotopic (exact) mass is 339 g/mol. The summed E-state index contributed by atoms with van der Waals surface area (Å²) in [6.07, 6.45) is 3.54. The van der Waals surface area contributed by atoms with Crippen LogP contribution >= 0.6 is 9.24 Å². The minimum atomic E-state index is -0.482. The molecule has 0 radical (unpaired) electrons. The van der Waals surface area contributed by atoms with Crippen molar-refractivity contribution >= 4 is 15.2 Å². The Kier molecular flexibility index (Phi) is 7.53. The lowest BCUT2D eigenvalue weighted by Crippen LogP contribution is -2.04. The van der Waals surface area contributed by atoms with Crippen LogP contribution in [0.3, 0.4) is 0 Å². The molecule has 6 heteroatoms. The highest BCUT2D eigenvalue weighted by atomic mass is 31.0. The smallest absolute Gasteiger partial charge is 0.342 e. The number of phenols is 1. The minimum Gasteiger partial charge on any atom is -0.507 e. The largest absolute Gasteiger partial charge is 0.507 e. The number of rotatable bonds is 4. The van der Waals surface area contributed by atoms with E-state index in [-0.39, 0.29) is 17.9 Å². The third-order valence-electron chi connectivity index (χ3n) is 3.62. The van der Waals surface area contributed by atoms with Gasteiger partial charge in [-0.15, -0.1) is 9.24 Å². The molecule has 1 aliphatic heterocycles. The first-order valence-electron chi connectivity index (χ1n) is 7.56. The number of aromatic hydroxyl groups is 1. The van der Waals surface area contributed by atoms with Crippen molar-refractivity contribution in [2.24, 2.45) is 5.73 Å². The summed E-state index contributed by atoms with van der Waals surface area (Å²) in [5.74, 6) is 0.0654. The van der Waals surface area contributed by atoms with Crippen molar-refractivity contribution in [1.82, 2.24) is 0 Å². The SMILES string of the molecule is CCP.COc1c(C)c2c(c(O)c1C/C=C(\C)CN)C(=O)OC2. The van der Waals surface area contributed by atoms with Gasteiger partial charge in [-0.1, -0.05) is 18.6 Å². The average molecular weight is 339 g/mol. The van der Waals surface area contributed by atoms with E-state index in [4.69, 9.17) is 15.2 Å². The van der Waals surface area contributed by atoms with Crippen LogP contribution in [0.2, 0.25) is 0 Å². The average Bonchev–Trinajstić information content (AvgIpc) is 2.92. The predicted molar refractivity (Wildman–Crippen MR) is 95.3 cm³/mol. The van der Waals surface area contributed by atoms with Gasteiger partial charge in [-0.2, -0.15) is 0 Å². The topological polar surface area (TPSA) is 81.8 Å². The van der Waals surface area contributed by atoms with E-state index in [9.17, 15) is 9.90 Å². The Labute approximate surface area is 140 Å². The van der Waals surface area contributed by atoms with E-state index in [2.05, 4.69) is 16.2 Å². The molecule has 1 aromatic carbocycles. The zero-order valence-corrected chi connectivity index (χ0v) is 15.4. The van der Waals surface area contributed by atoms with Crippen LogP contribution in [0.1, 0.15) is 40.9 Å². The highest BCUT2D eigenvalue weighted by Gasteiger charge is 2.31. The molecule has 0 spiro atoms. The van der Waals surface area contributed by atoms with Crippen LogP contribution in [0.25, 0.3) is 0 Å². The number of nitrogens with two attached hydrogens (primary N) is 1. The van der Waals surface area contributed by atoms with Gasteiger partial charge in [-0.25, -0.2) is 4.79 Å². The second-order valence-electron chi connectivity index (χ2n) is 5.28. The molecule has 0 aliphatic carbocycles. The van der Waals surface area contributed by atoms with Gasteiger partial charge in [0.05, 0.1) is 7.11 Å². The van der Waals surface area contributed by atoms with Gasteiger partial charge in [-0.3, -0.25) is 0 Å². The molecule has 0 saturated heterocycles. The number of carbonyl (C=O) groups excluding carboxylic acids is 1. The van der Waals surface area contributed by atoms with Gasteiger partial charge in [0.1, 0.15) is 23.7 Å². The number of allylic oxidation sites excluding steroid dienone is 1. The van der Waals surface area contributed by atoms with Crippen molar-refractivity contribution in [2.75, 3.05) is 19.8 Å². The first-order valence-corrected chi connectivity index (χ1v) is 8.38. The number of hydrogen-bond donors (Lipinski definition) is 2. The molecule has 0 saturated carbocycles. The summed E-state index contributed by atoms with van der Waals surface area (Å²) < 4.78 is 10.4. The number of fused-ring (bicyclic) bond motifs is 1. The van der Waals surface area contributed by atoms with Crippen molar-refractivity contribution in [3.8, 4) is 11.5 Å². The van der Waals surface area contributed by atoms with Crippen molar-refractivity contribution in [3.05, 3.63) is 33.9 Å². The van der Waals surface area contributed by atoms with Crippen LogP contribution in [0.4, 0.5) is 0 Å². The number of cyclic esters (lactones) is 1. The highest BCUT2D eigenvalue weighted by molar-refractivity contribution is 7.16. The van der Waals surface area contributed by atoms with E-state index in [0.29, 0.717) is 29.8 Å². The van der Waals surface area contributed by atoms with Gasteiger partial charge < -0.3 is 20.3 Å². The molecule has 3 N–H and O–H groups in total. The van der Waals surface area contributed by atoms with E-state index in [1.807, 2.05) is 19.9 Å². The molecule has 1 unspecified atom stereocenters. The summed E-state index contributed by atoms with van der Waals surface area (Å²) in [6.45, 7) is 6.50. The van der Waals surface area contributed by atoms with E-state index in [1.54, 1.807) is 7.11 Å². The molecule has 1 heterocycles. The van der Waals surface area contributed by atoms with Crippen LogP contribution in [0, 0.1) is 6.92 Å². The number of methoxy groups -OCH3 is 1. The van der Waals surface area contributed by atoms with Gasteiger partial charge in [0.15, 0.2) is 0 Å². The maximum atomic E-state index is 11.7. The van der Waals surface area contributed by atoms with Crippen LogP contribution in [-0.4, -0.2) is 30.9 Å². The molecule has 0 aromatic heterocycles. The minimum absolute atomic E-state index is 0.0500. The number of phenolic OH excluding ortho intramolecular Hbond substituents is 1. The first kappa shape index (κ1) is 19.5. The molecule has 0 fully saturated rings. The number of benzene rings is 1. The Hall–Kier alpha value is -1.58. The Morgan fingerprint density at radius 1 is 1.52 bits per heavy atom.